The molecule has 1 heterocycles. The maximum Gasteiger partial charge on any atom is 0.124 e. The molecule has 3 aromatic rings. The number of ether oxygens (including phenoxy) is 1. The van der Waals surface area contributed by atoms with E-state index in [1.807, 2.05) is 17.8 Å². The number of aromatic nitrogens is 1. The van der Waals surface area contributed by atoms with Gasteiger partial charge in [-0.1, -0.05) is 38.1 Å². The molecule has 0 spiro atoms. The number of fused-ring (bicyclic) bond motifs is 1. The SMILES string of the molecule is CC(C)(C)OCCC(C)(C)Sc1ccc(-c2nc3ccccc3s2)cc1. The van der Waals surface area contributed by atoms with Crippen LogP contribution in [0.2, 0.25) is 0 Å². The summed E-state index contributed by atoms with van der Waals surface area (Å²) < 4.78 is 7.27. The number of hydrogen-bond acceptors (Lipinski definition) is 4. The van der Waals surface area contributed by atoms with Gasteiger partial charge in [0.2, 0.25) is 0 Å². The molecule has 2 nitrogen and oxygen atoms in total. The van der Waals surface area contributed by atoms with E-state index in [4.69, 9.17) is 9.72 Å². The number of thiazole rings is 1. The molecule has 0 aliphatic carbocycles. The third kappa shape index (κ3) is 5.32. The van der Waals surface area contributed by atoms with Crippen LogP contribution in [0.15, 0.2) is 53.4 Å². The standard InChI is InChI=1S/C22H27NOS2/c1-21(2,3)24-15-14-22(4,5)26-17-12-10-16(11-13-17)20-23-18-8-6-7-9-19(18)25-20/h6-13H,14-15H2,1-5H3. The number of benzene rings is 2. The summed E-state index contributed by atoms with van der Waals surface area (Å²) >= 11 is 3.66. The Hall–Kier alpha value is -1.36. The molecule has 0 N–H and O–H groups in total. The molecule has 0 aliphatic heterocycles. The zero-order valence-corrected chi connectivity index (χ0v) is 17.8. The molecule has 0 saturated carbocycles. The highest BCUT2D eigenvalue weighted by Crippen LogP contribution is 2.37. The molecular weight excluding hydrogens is 358 g/mol. The minimum Gasteiger partial charge on any atom is -0.376 e. The largest absolute Gasteiger partial charge is 0.376 e. The molecule has 1 aromatic heterocycles. The second-order valence-corrected chi connectivity index (χ2v) is 10.9. The summed E-state index contributed by atoms with van der Waals surface area (Å²) in [5.41, 5.74) is 2.19. The minimum atomic E-state index is -0.0698. The van der Waals surface area contributed by atoms with Crippen molar-refractivity contribution in [3.05, 3.63) is 48.5 Å². The zero-order valence-electron chi connectivity index (χ0n) is 16.2. The summed E-state index contributed by atoms with van der Waals surface area (Å²) in [6.07, 6.45) is 1.02. The number of hydrogen-bond donors (Lipinski definition) is 0. The quantitative estimate of drug-likeness (QED) is 0.425. The van der Waals surface area contributed by atoms with Gasteiger partial charge in [0.1, 0.15) is 5.01 Å². The van der Waals surface area contributed by atoms with Crippen molar-refractivity contribution in [1.82, 2.24) is 4.98 Å². The highest BCUT2D eigenvalue weighted by atomic mass is 32.2. The second kappa shape index (κ2) is 7.71. The first-order chi connectivity index (χ1) is 12.2. The highest BCUT2D eigenvalue weighted by Gasteiger charge is 2.21. The average Bonchev–Trinajstić information content (AvgIpc) is 2.97. The normalized spacial score (nSPS) is 12.7. The molecule has 138 valence electrons. The van der Waals surface area contributed by atoms with Crippen molar-refractivity contribution in [2.45, 2.75) is 56.3 Å². The lowest BCUT2D eigenvalue weighted by molar-refractivity contribution is -0.00623. The molecule has 4 heteroatoms. The second-order valence-electron chi connectivity index (χ2n) is 8.08. The van der Waals surface area contributed by atoms with E-state index in [9.17, 15) is 0 Å². The monoisotopic (exact) mass is 385 g/mol. The van der Waals surface area contributed by atoms with Crippen LogP contribution in [-0.4, -0.2) is 21.9 Å². The van der Waals surface area contributed by atoms with Gasteiger partial charge in [-0.25, -0.2) is 4.98 Å². The summed E-state index contributed by atoms with van der Waals surface area (Å²) in [6.45, 7) is 11.7. The van der Waals surface area contributed by atoms with Crippen LogP contribution in [0, 0.1) is 0 Å². The van der Waals surface area contributed by atoms with Crippen LogP contribution >= 0.6 is 23.1 Å². The molecule has 0 unspecified atom stereocenters. The lowest BCUT2D eigenvalue weighted by Crippen LogP contribution is -2.24. The minimum absolute atomic E-state index is 0.0698. The molecule has 2 aromatic carbocycles. The van der Waals surface area contributed by atoms with Crippen molar-refractivity contribution in [3.8, 4) is 10.6 Å². The molecule has 0 saturated heterocycles. The zero-order chi connectivity index (χ0) is 18.8. The topological polar surface area (TPSA) is 22.1 Å². The predicted octanol–water partition coefficient (Wildman–Crippen LogP) is 7.04. The van der Waals surface area contributed by atoms with Crippen molar-refractivity contribution in [2.75, 3.05) is 6.61 Å². The third-order valence-electron chi connectivity index (χ3n) is 4.03. The van der Waals surface area contributed by atoms with Gasteiger partial charge in [0.25, 0.3) is 0 Å². The van der Waals surface area contributed by atoms with E-state index >= 15 is 0 Å². The molecule has 3 rings (SSSR count). The summed E-state index contributed by atoms with van der Waals surface area (Å²) in [5.74, 6) is 0. The van der Waals surface area contributed by atoms with E-state index in [-0.39, 0.29) is 10.3 Å². The Morgan fingerprint density at radius 3 is 2.31 bits per heavy atom. The van der Waals surface area contributed by atoms with Gasteiger partial charge in [-0.3, -0.25) is 0 Å². The number of nitrogens with zero attached hydrogens (tertiary/aromatic N) is 1. The first kappa shape index (κ1) is 19.4. The van der Waals surface area contributed by atoms with Gasteiger partial charge in [-0.2, -0.15) is 0 Å². The number of rotatable bonds is 6. The Balaban J connectivity index is 1.65. The Morgan fingerprint density at radius 2 is 1.65 bits per heavy atom. The van der Waals surface area contributed by atoms with Crippen molar-refractivity contribution in [2.24, 2.45) is 0 Å². The first-order valence-electron chi connectivity index (χ1n) is 9.01. The fourth-order valence-electron chi connectivity index (χ4n) is 2.63. The summed E-state index contributed by atoms with van der Waals surface area (Å²) in [4.78, 5) is 6.03. The molecule has 26 heavy (non-hydrogen) atoms. The van der Waals surface area contributed by atoms with Crippen molar-refractivity contribution >= 4 is 33.3 Å². The van der Waals surface area contributed by atoms with Crippen molar-refractivity contribution in [3.63, 3.8) is 0 Å². The van der Waals surface area contributed by atoms with Crippen LogP contribution < -0.4 is 0 Å². The number of para-hydroxylation sites is 1. The van der Waals surface area contributed by atoms with Crippen LogP contribution in [0.4, 0.5) is 0 Å². The van der Waals surface area contributed by atoms with Gasteiger partial charge >= 0.3 is 0 Å². The Labute approximate surface area is 165 Å². The van der Waals surface area contributed by atoms with Crippen molar-refractivity contribution in [1.29, 1.82) is 0 Å². The fraction of sp³-hybridized carbons (Fsp3) is 0.409. The van der Waals surface area contributed by atoms with Crippen LogP contribution in [0.5, 0.6) is 0 Å². The summed E-state index contributed by atoms with van der Waals surface area (Å²) in [5, 5.41) is 1.08. The van der Waals surface area contributed by atoms with Gasteiger partial charge in [0.15, 0.2) is 0 Å². The fourth-order valence-corrected chi connectivity index (χ4v) is 4.70. The van der Waals surface area contributed by atoms with Gasteiger partial charge in [-0.15, -0.1) is 23.1 Å². The molecule has 0 bridgehead atoms. The summed E-state index contributed by atoms with van der Waals surface area (Å²) in [7, 11) is 0. The van der Waals surface area contributed by atoms with E-state index in [0.29, 0.717) is 0 Å². The van der Waals surface area contributed by atoms with E-state index in [1.54, 1.807) is 11.3 Å². The van der Waals surface area contributed by atoms with Crippen LogP contribution in [0.1, 0.15) is 41.0 Å². The Morgan fingerprint density at radius 1 is 0.962 bits per heavy atom. The predicted molar refractivity (Wildman–Crippen MR) is 115 cm³/mol. The van der Waals surface area contributed by atoms with E-state index < -0.39 is 0 Å². The lowest BCUT2D eigenvalue weighted by atomic mass is 10.1. The van der Waals surface area contributed by atoms with Gasteiger partial charge < -0.3 is 4.74 Å². The van der Waals surface area contributed by atoms with Gasteiger partial charge in [-0.05, 0) is 51.5 Å². The van der Waals surface area contributed by atoms with Gasteiger partial charge in [0.05, 0.1) is 15.8 Å². The van der Waals surface area contributed by atoms with E-state index in [0.717, 1.165) is 23.6 Å². The molecular formula is C22H27NOS2. The average molecular weight is 386 g/mol. The highest BCUT2D eigenvalue weighted by molar-refractivity contribution is 8.00. The molecule has 0 aliphatic rings. The molecule has 0 fully saturated rings. The Bertz CT molecular complexity index is 827. The maximum absolute atomic E-state index is 5.89. The van der Waals surface area contributed by atoms with Gasteiger partial charge in [0, 0.05) is 21.8 Å². The third-order valence-corrected chi connectivity index (χ3v) is 6.38. The lowest BCUT2D eigenvalue weighted by Gasteiger charge is -2.27. The van der Waals surface area contributed by atoms with Crippen LogP contribution in [0.25, 0.3) is 20.8 Å². The number of thioether (sulfide) groups is 1. The van der Waals surface area contributed by atoms with E-state index in [1.165, 1.54) is 15.2 Å². The molecule has 0 amide bonds. The maximum atomic E-state index is 5.89. The Kier molecular flexibility index (Phi) is 5.75. The van der Waals surface area contributed by atoms with Crippen LogP contribution in [-0.2, 0) is 4.74 Å². The van der Waals surface area contributed by atoms with Crippen molar-refractivity contribution < 1.29 is 4.74 Å². The molecule has 0 radical (unpaired) electrons. The smallest absolute Gasteiger partial charge is 0.124 e. The summed E-state index contributed by atoms with van der Waals surface area (Å²) in [6, 6.07) is 17.1. The molecule has 0 atom stereocenters. The first-order valence-corrected chi connectivity index (χ1v) is 10.6. The van der Waals surface area contributed by atoms with Crippen LogP contribution in [0.3, 0.4) is 0 Å². The van der Waals surface area contributed by atoms with E-state index in [2.05, 4.69) is 77.1 Å².